The Kier molecular flexibility index (Phi) is 12.7. The summed E-state index contributed by atoms with van der Waals surface area (Å²) in [5.74, 6) is -0.280. The van der Waals surface area contributed by atoms with Crippen LogP contribution in [0.4, 0.5) is 0 Å². The standard InChI is InChI=1S/C28H24ClNO2.C2H2.CH2OS/c1-32-28(31)26-11-3-2-9-22(26)10-5-8-20-6-4-7-21(18-20)12-16-25-17-14-23-13-15-24(29)19-27(23)30-25;1-2;2-1-3/h2-4,6-7,9,11-19H,5,8,10H2,1H3;1-2H;1H,(H,2,3)/b16-12+;;. The Morgan fingerprint density at radius 3 is 2.46 bits per heavy atom. The Bertz CT molecular complexity index is 1380. The molecular weight excluding hydrogens is 502 g/mol. The predicted molar refractivity (Wildman–Crippen MR) is 158 cm³/mol. The molecule has 0 unspecified atom stereocenters. The first-order chi connectivity index (χ1) is 18.0. The average molecular weight is 530 g/mol. The van der Waals surface area contributed by atoms with Crippen LogP contribution in [-0.4, -0.2) is 23.7 Å². The summed E-state index contributed by atoms with van der Waals surface area (Å²) in [6, 6.07) is 25.9. The highest BCUT2D eigenvalue weighted by Crippen LogP contribution is 2.19. The molecule has 1 aromatic heterocycles. The summed E-state index contributed by atoms with van der Waals surface area (Å²) in [6.07, 6.45) is 14.8. The topological polar surface area (TPSA) is 56.3 Å². The molecule has 0 saturated heterocycles. The molecule has 0 radical (unpaired) electrons. The molecule has 0 fully saturated rings. The van der Waals surface area contributed by atoms with Crippen LogP contribution in [0.25, 0.3) is 23.1 Å². The van der Waals surface area contributed by atoms with Crippen molar-refractivity contribution in [3.05, 3.63) is 112 Å². The minimum atomic E-state index is -0.280. The lowest BCUT2D eigenvalue weighted by Gasteiger charge is -2.08. The van der Waals surface area contributed by atoms with Crippen molar-refractivity contribution < 1.29 is 14.3 Å². The number of benzene rings is 3. The number of aryl methyl sites for hydroxylation is 2. The average Bonchev–Trinajstić information content (AvgIpc) is 2.93. The zero-order valence-corrected chi connectivity index (χ0v) is 22.2. The van der Waals surface area contributed by atoms with E-state index in [0.29, 0.717) is 16.2 Å². The van der Waals surface area contributed by atoms with Gasteiger partial charge < -0.3 is 4.74 Å². The largest absolute Gasteiger partial charge is 0.465 e. The number of hydrogen-bond donors (Lipinski definition) is 1. The normalized spacial score (nSPS) is 10.1. The molecule has 0 bridgehead atoms. The fourth-order valence-corrected chi connectivity index (χ4v) is 3.93. The van der Waals surface area contributed by atoms with Crippen LogP contribution >= 0.6 is 24.2 Å². The van der Waals surface area contributed by atoms with Gasteiger partial charge in [-0.1, -0.05) is 72.3 Å². The molecule has 0 spiro atoms. The number of methoxy groups -OCH3 is 1. The van der Waals surface area contributed by atoms with E-state index in [-0.39, 0.29) is 5.97 Å². The van der Waals surface area contributed by atoms with E-state index in [0.717, 1.165) is 47.0 Å². The number of nitrogens with zero attached hydrogens (tertiary/aromatic N) is 1. The summed E-state index contributed by atoms with van der Waals surface area (Å²) in [6.45, 7) is 0. The van der Waals surface area contributed by atoms with Gasteiger partial charge in [0.25, 0.3) is 0 Å². The van der Waals surface area contributed by atoms with Gasteiger partial charge in [-0.25, -0.2) is 9.78 Å². The van der Waals surface area contributed by atoms with Gasteiger partial charge in [0.2, 0.25) is 0 Å². The molecule has 0 N–H and O–H groups in total. The van der Waals surface area contributed by atoms with E-state index >= 15 is 0 Å². The van der Waals surface area contributed by atoms with Crippen molar-refractivity contribution in [2.45, 2.75) is 19.3 Å². The van der Waals surface area contributed by atoms with Gasteiger partial charge in [-0.2, -0.15) is 0 Å². The van der Waals surface area contributed by atoms with E-state index in [1.54, 1.807) is 0 Å². The summed E-state index contributed by atoms with van der Waals surface area (Å²) >= 11 is 9.20. The van der Waals surface area contributed by atoms with Gasteiger partial charge >= 0.3 is 5.97 Å². The van der Waals surface area contributed by atoms with E-state index in [1.807, 2.05) is 54.6 Å². The van der Waals surface area contributed by atoms with E-state index in [1.165, 1.54) is 12.7 Å². The van der Waals surface area contributed by atoms with Gasteiger partial charge in [0.1, 0.15) is 0 Å². The molecule has 0 aliphatic carbocycles. The number of fused-ring (bicyclic) bond motifs is 1. The van der Waals surface area contributed by atoms with Gasteiger partial charge in [0.15, 0.2) is 5.62 Å². The summed E-state index contributed by atoms with van der Waals surface area (Å²) in [5, 5.41) is 1.76. The first-order valence-electron chi connectivity index (χ1n) is 11.4. The SMILES string of the molecule is C#C.COC(=O)c1ccccc1CCCc1cccc(/C=C/c2ccc3ccc(Cl)cc3n2)c1.O=CS. The second-order valence-corrected chi connectivity index (χ2v) is 8.41. The minimum Gasteiger partial charge on any atom is -0.465 e. The van der Waals surface area contributed by atoms with Crippen LogP contribution in [-0.2, 0) is 22.4 Å². The molecular formula is C31H28ClNO3S. The summed E-state index contributed by atoms with van der Waals surface area (Å²) in [4.78, 5) is 25.3. The van der Waals surface area contributed by atoms with Crippen LogP contribution in [0.1, 0.15) is 39.2 Å². The van der Waals surface area contributed by atoms with Crippen LogP contribution in [0.5, 0.6) is 0 Å². The monoisotopic (exact) mass is 529 g/mol. The molecule has 0 aliphatic rings. The maximum atomic E-state index is 11.9. The van der Waals surface area contributed by atoms with E-state index < -0.39 is 0 Å². The Labute approximate surface area is 228 Å². The van der Waals surface area contributed by atoms with Crippen molar-refractivity contribution in [2.24, 2.45) is 0 Å². The molecule has 0 aliphatic heterocycles. The fourth-order valence-electron chi connectivity index (χ4n) is 3.76. The van der Waals surface area contributed by atoms with Crippen molar-refractivity contribution in [1.82, 2.24) is 4.98 Å². The lowest BCUT2D eigenvalue weighted by molar-refractivity contribution is 0.0599. The number of halogens is 1. The highest BCUT2D eigenvalue weighted by atomic mass is 35.5. The Hall–Kier alpha value is -3.85. The second kappa shape index (κ2) is 16.0. The summed E-state index contributed by atoms with van der Waals surface area (Å²) in [5.41, 5.74) is 6.30. The number of esters is 1. The molecule has 0 atom stereocenters. The maximum absolute atomic E-state index is 11.9. The number of rotatable bonds is 7. The Balaban J connectivity index is 0.000000898. The fraction of sp³-hybridized carbons (Fsp3) is 0.129. The predicted octanol–water partition coefficient (Wildman–Crippen LogP) is 7.38. The molecule has 6 heteroatoms. The van der Waals surface area contributed by atoms with Crippen molar-refractivity contribution in [3.63, 3.8) is 0 Å². The number of carbonyl (C=O) groups is 2. The summed E-state index contributed by atoms with van der Waals surface area (Å²) in [7, 11) is 1.42. The van der Waals surface area contributed by atoms with Crippen LogP contribution < -0.4 is 0 Å². The number of ether oxygens (including phenoxy) is 1. The molecule has 37 heavy (non-hydrogen) atoms. The first-order valence-corrected chi connectivity index (χ1v) is 12.3. The first kappa shape index (κ1) is 29.4. The summed E-state index contributed by atoms with van der Waals surface area (Å²) < 4.78 is 4.89. The molecule has 1 heterocycles. The van der Waals surface area contributed by atoms with Crippen LogP contribution in [0.3, 0.4) is 0 Å². The lowest BCUT2D eigenvalue weighted by atomic mass is 9.99. The van der Waals surface area contributed by atoms with Gasteiger partial charge in [-0.15, -0.1) is 25.5 Å². The number of aromatic nitrogens is 1. The zero-order valence-electron chi connectivity index (χ0n) is 20.5. The highest BCUT2D eigenvalue weighted by molar-refractivity contribution is 7.94. The number of carbonyl (C=O) groups excluding carboxylic acids is 2. The number of terminal acetylenes is 1. The zero-order chi connectivity index (χ0) is 27.0. The van der Waals surface area contributed by atoms with Crippen molar-refractivity contribution in [2.75, 3.05) is 7.11 Å². The van der Waals surface area contributed by atoms with Crippen molar-refractivity contribution >= 4 is 58.9 Å². The number of hydrogen-bond acceptors (Lipinski definition) is 4. The van der Waals surface area contributed by atoms with Crippen LogP contribution in [0, 0.1) is 12.8 Å². The second-order valence-electron chi connectivity index (χ2n) is 7.76. The Morgan fingerprint density at radius 2 is 1.70 bits per heavy atom. The van der Waals surface area contributed by atoms with Gasteiger partial charge in [0.05, 0.1) is 23.9 Å². The molecule has 0 amide bonds. The molecule has 4 rings (SSSR count). The van der Waals surface area contributed by atoms with Crippen LogP contribution in [0.2, 0.25) is 5.02 Å². The third-order valence-corrected chi connectivity index (χ3v) is 5.64. The van der Waals surface area contributed by atoms with E-state index in [9.17, 15) is 4.79 Å². The third-order valence-electron chi connectivity index (χ3n) is 5.41. The number of thiol groups is 1. The maximum Gasteiger partial charge on any atom is 0.338 e. The lowest BCUT2D eigenvalue weighted by Crippen LogP contribution is -2.05. The van der Waals surface area contributed by atoms with E-state index in [4.69, 9.17) is 21.1 Å². The number of pyridine rings is 1. The quantitative estimate of drug-likeness (QED) is 0.117. The van der Waals surface area contributed by atoms with Gasteiger partial charge in [-0.05, 0) is 66.3 Å². The van der Waals surface area contributed by atoms with Crippen LogP contribution in [0.15, 0.2) is 78.9 Å². The molecule has 188 valence electrons. The molecule has 3 aromatic carbocycles. The van der Waals surface area contributed by atoms with Gasteiger partial charge in [0, 0.05) is 10.4 Å². The van der Waals surface area contributed by atoms with Gasteiger partial charge in [-0.3, -0.25) is 4.79 Å². The molecule has 4 aromatic rings. The van der Waals surface area contributed by atoms with E-state index in [2.05, 4.69) is 66.9 Å². The smallest absolute Gasteiger partial charge is 0.338 e. The highest BCUT2D eigenvalue weighted by Gasteiger charge is 2.10. The third kappa shape index (κ3) is 9.27. The molecule has 0 saturated carbocycles. The molecule has 4 nitrogen and oxygen atoms in total. The van der Waals surface area contributed by atoms with Crippen molar-refractivity contribution in [1.29, 1.82) is 0 Å². The van der Waals surface area contributed by atoms with Crippen molar-refractivity contribution in [3.8, 4) is 12.8 Å². The Morgan fingerprint density at radius 1 is 0.973 bits per heavy atom. The minimum absolute atomic E-state index is 0.280.